The van der Waals surface area contributed by atoms with Crippen molar-refractivity contribution in [3.63, 3.8) is 0 Å². The molecular weight excluding hydrogens is 226 g/mol. The van der Waals surface area contributed by atoms with Crippen LogP contribution in [0.15, 0.2) is 24.3 Å². The van der Waals surface area contributed by atoms with Crippen LogP contribution in [0.2, 0.25) is 0 Å². The molecule has 0 saturated carbocycles. The number of hydrogen-bond acceptors (Lipinski definition) is 2. The molecule has 0 heterocycles. The first kappa shape index (κ1) is 14.7. The molecule has 1 aromatic carbocycles. The van der Waals surface area contributed by atoms with Gasteiger partial charge in [0.1, 0.15) is 0 Å². The Morgan fingerprint density at radius 3 is 2.11 bits per heavy atom. The molecule has 2 atom stereocenters. The lowest BCUT2D eigenvalue weighted by Crippen LogP contribution is -2.36. The van der Waals surface area contributed by atoms with Gasteiger partial charge in [-0.15, -0.1) is 0 Å². The van der Waals surface area contributed by atoms with Gasteiger partial charge in [-0.05, 0) is 37.3 Å². The first-order chi connectivity index (χ1) is 8.30. The highest BCUT2D eigenvalue weighted by Crippen LogP contribution is 2.32. The number of aliphatic carboxylic acids is 1. The van der Waals surface area contributed by atoms with Gasteiger partial charge >= 0.3 is 5.97 Å². The van der Waals surface area contributed by atoms with Gasteiger partial charge in [0.2, 0.25) is 0 Å². The van der Waals surface area contributed by atoms with Gasteiger partial charge in [0, 0.05) is 6.04 Å². The van der Waals surface area contributed by atoms with E-state index < -0.39 is 17.4 Å². The van der Waals surface area contributed by atoms with Crippen LogP contribution in [0.5, 0.6) is 0 Å². The van der Waals surface area contributed by atoms with Gasteiger partial charge in [-0.1, -0.05) is 38.1 Å². The molecule has 0 aliphatic carbocycles. The molecule has 0 spiro atoms. The van der Waals surface area contributed by atoms with E-state index in [1.165, 1.54) is 5.56 Å². The van der Waals surface area contributed by atoms with Crippen molar-refractivity contribution >= 4 is 5.97 Å². The third kappa shape index (κ3) is 2.91. The number of rotatable bonds is 5. The standard InChI is InChI=1S/C15H23NO2/c1-5-10(2)11-6-8-12(9-7-11)13(16)15(3,4)14(17)18/h6-10,13H,5,16H2,1-4H3,(H,17,18). The van der Waals surface area contributed by atoms with Crippen molar-refractivity contribution in [3.05, 3.63) is 35.4 Å². The number of carbonyl (C=O) groups is 1. The van der Waals surface area contributed by atoms with Gasteiger partial charge in [0.05, 0.1) is 5.41 Å². The Morgan fingerprint density at radius 2 is 1.72 bits per heavy atom. The highest BCUT2D eigenvalue weighted by molar-refractivity contribution is 5.75. The lowest BCUT2D eigenvalue weighted by Gasteiger charge is -2.27. The van der Waals surface area contributed by atoms with E-state index in [-0.39, 0.29) is 0 Å². The summed E-state index contributed by atoms with van der Waals surface area (Å²) >= 11 is 0. The van der Waals surface area contributed by atoms with Crippen molar-refractivity contribution in [2.75, 3.05) is 0 Å². The summed E-state index contributed by atoms with van der Waals surface area (Å²) in [6, 6.07) is 7.47. The maximum atomic E-state index is 11.2. The highest BCUT2D eigenvalue weighted by atomic mass is 16.4. The van der Waals surface area contributed by atoms with Gasteiger partial charge in [0.15, 0.2) is 0 Å². The smallest absolute Gasteiger partial charge is 0.311 e. The molecule has 2 unspecified atom stereocenters. The van der Waals surface area contributed by atoms with Crippen molar-refractivity contribution in [1.82, 2.24) is 0 Å². The van der Waals surface area contributed by atoms with Crippen LogP contribution in [0.4, 0.5) is 0 Å². The summed E-state index contributed by atoms with van der Waals surface area (Å²) in [6.45, 7) is 7.64. The van der Waals surface area contributed by atoms with Crippen molar-refractivity contribution in [3.8, 4) is 0 Å². The zero-order valence-electron chi connectivity index (χ0n) is 11.6. The summed E-state index contributed by atoms with van der Waals surface area (Å²) in [5.41, 5.74) is 7.23. The molecule has 3 nitrogen and oxygen atoms in total. The predicted octanol–water partition coefficient (Wildman–Crippen LogP) is 3.31. The average Bonchev–Trinajstić information content (AvgIpc) is 2.36. The zero-order valence-corrected chi connectivity index (χ0v) is 11.6. The number of hydrogen-bond donors (Lipinski definition) is 2. The minimum absolute atomic E-state index is 0.499. The molecule has 1 aromatic rings. The Hall–Kier alpha value is -1.35. The Bertz CT molecular complexity index is 409. The number of carboxylic acids is 1. The molecule has 0 fully saturated rings. The summed E-state index contributed by atoms with van der Waals surface area (Å²) in [5, 5.41) is 9.17. The lowest BCUT2D eigenvalue weighted by atomic mass is 9.80. The van der Waals surface area contributed by atoms with E-state index in [0.29, 0.717) is 5.92 Å². The first-order valence-corrected chi connectivity index (χ1v) is 6.39. The number of carboxylic acid groups (broad SMARTS) is 1. The molecule has 0 saturated heterocycles. The molecule has 0 amide bonds. The SMILES string of the molecule is CCC(C)c1ccc(C(N)C(C)(C)C(=O)O)cc1. The average molecular weight is 249 g/mol. The Labute approximate surface area is 109 Å². The second-order valence-electron chi connectivity index (χ2n) is 5.48. The van der Waals surface area contributed by atoms with E-state index in [2.05, 4.69) is 13.8 Å². The molecule has 0 aliphatic heterocycles. The highest BCUT2D eigenvalue weighted by Gasteiger charge is 2.35. The van der Waals surface area contributed by atoms with Crippen LogP contribution >= 0.6 is 0 Å². The van der Waals surface area contributed by atoms with Crippen LogP contribution in [0.1, 0.15) is 57.2 Å². The van der Waals surface area contributed by atoms with Gasteiger partial charge in [-0.2, -0.15) is 0 Å². The van der Waals surface area contributed by atoms with Crippen LogP contribution in [-0.4, -0.2) is 11.1 Å². The van der Waals surface area contributed by atoms with Gasteiger partial charge < -0.3 is 10.8 Å². The fourth-order valence-electron chi connectivity index (χ4n) is 1.82. The van der Waals surface area contributed by atoms with Crippen molar-refractivity contribution < 1.29 is 9.90 Å². The maximum absolute atomic E-state index is 11.2. The number of benzene rings is 1. The van der Waals surface area contributed by atoms with Gasteiger partial charge in [-0.3, -0.25) is 4.79 Å². The van der Waals surface area contributed by atoms with E-state index in [0.717, 1.165) is 12.0 Å². The molecule has 0 radical (unpaired) electrons. The molecule has 3 N–H and O–H groups in total. The predicted molar refractivity (Wildman–Crippen MR) is 73.5 cm³/mol. The monoisotopic (exact) mass is 249 g/mol. The Balaban J connectivity index is 2.95. The van der Waals surface area contributed by atoms with E-state index >= 15 is 0 Å². The van der Waals surface area contributed by atoms with Crippen molar-refractivity contribution in [2.45, 2.75) is 46.1 Å². The maximum Gasteiger partial charge on any atom is 0.311 e. The summed E-state index contributed by atoms with van der Waals surface area (Å²) in [7, 11) is 0. The molecule has 1 rings (SSSR count). The fourth-order valence-corrected chi connectivity index (χ4v) is 1.82. The minimum atomic E-state index is -0.960. The fraction of sp³-hybridized carbons (Fsp3) is 0.533. The molecule has 3 heteroatoms. The topological polar surface area (TPSA) is 63.3 Å². The Morgan fingerprint density at radius 1 is 1.28 bits per heavy atom. The largest absolute Gasteiger partial charge is 0.481 e. The first-order valence-electron chi connectivity index (χ1n) is 6.39. The van der Waals surface area contributed by atoms with E-state index in [1.54, 1.807) is 13.8 Å². The van der Waals surface area contributed by atoms with Crippen LogP contribution in [0.3, 0.4) is 0 Å². The second-order valence-corrected chi connectivity index (χ2v) is 5.48. The van der Waals surface area contributed by atoms with E-state index in [4.69, 9.17) is 5.73 Å². The second kappa shape index (κ2) is 5.53. The summed E-state index contributed by atoms with van der Waals surface area (Å²) in [6.07, 6.45) is 1.09. The van der Waals surface area contributed by atoms with Crippen LogP contribution < -0.4 is 5.73 Å². The molecule has 0 aromatic heterocycles. The van der Waals surface area contributed by atoms with Crippen molar-refractivity contribution in [2.24, 2.45) is 11.1 Å². The third-order valence-corrected chi connectivity index (χ3v) is 3.81. The van der Waals surface area contributed by atoms with E-state index in [1.807, 2.05) is 24.3 Å². The van der Waals surface area contributed by atoms with Crippen LogP contribution in [-0.2, 0) is 4.79 Å². The zero-order chi connectivity index (χ0) is 13.9. The minimum Gasteiger partial charge on any atom is -0.481 e. The molecular formula is C15H23NO2. The summed E-state index contributed by atoms with van der Waals surface area (Å²) in [5.74, 6) is -0.358. The third-order valence-electron chi connectivity index (χ3n) is 3.81. The van der Waals surface area contributed by atoms with Crippen LogP contribution in [0, 0.1) is 5.41 Å². The summed E-state index contributed by atoms with van der Waals surface area (Å²) < 4.78 is 0. The van der Waals surface area contributed by atoms with Gasteiger partial charge in [0.25, 0.3) is 0 Å². The molecule has 18 heavy (non-hydrogen) atoms. The Kier molecular flexibility index (Phi) is 4.52. The lowest BCUT2D eigenvalue weighted by molar-refractivity contribution is -0.148. The number of nitrogens with two attached hydrogens (primary N) is 1. The quantitative estimate of drug-likeness (QED) is 0.841. The van der Waals surface area contributed by atoms with E-state index in [9.17, 15) is 9.90 Å². The van der Waals surface area contributed by atoms with Crippen molar-refractivity contribution in [1.29, 1.82) is 0 Å². The summed E-state index contributed by atoms with van der Waals surface area (Å²) in [4.78, 5) is 11.2. The molecule has 100 valence electrons. The normalized spacial score (nSPS) is 15.2. The molecule has 0 aliphatic rings. The molecule has 0 bridgehead atoms. The van der Waals surface area contributed by atoms with Gasteiger partial charge in [-0.25, -0.2) is 0 Å². The van der Waals surface area contributed by atoms with Crippen LogP contribution in [0.25, 0.3) is 0 Å².